The molecule has 0 saturated carbocycles. The summed E-state index contributed by atoms with van der Waals surface area (Å²) in [7, 11) is 0. The molecule has 130 valence electrons. The van der Waals surface area contributed by atoms with E-state index in [9.17, 15) is 9.18 Å². The van der Waals surface area contributed by atoms with Crippen molar-refractivity contribution in [2.45, 2.75) is 19.4 Å². The normalized spacial score (nSPS) is 16.8. The van der Waals surface area contributed by atoms with Crippen molar-refractivity contribution < 1.29 is 9.18 Å². The fourth-order valence-electron chi connectivity index (χ4n) is 2.75. The molecule has 1 atom stereocenters. The summed E-state index contributed by atoms with van der Waals surface area (Å²) in [5.41, 5.74) is 2.52. The highest BCUT2D eigenvalue weighted by Gasteiger charge is 2.31. The van der Waals surface area contributed by atoms with Crippen LogP contribution in [0.3, 0.4) is 0 Å². The van der Waals surface area contributed by atoms with Crippen molar-refractivity contribution in [3.63, 3.8) is 0 Å². The smallest absolute Gasteiger partial charge is 0.229 e. The van der Waals surface area contributed by atoms with Crippen LogP contribution in [0.25, 0.3) is 0 Å². The highest BCUT2D eigenvalue weighted by Crippen LogP contribution is 2.23. The lowest BCUT2D eigenvalue weighted by Crippen LogP contribution is -2.39. The summed E-state index contributed by atoms with van der Waals surface area (Å²) in [6.45, 7) is 2.43. The van der Waals surface area contributed by atoms with Gasteiger partial charge >= 0.3 is 0 Å². The van der Waals surface area contributed by atoms with Crippen molar-refractivity contribution in [1.29, 1.82) is 0 Å². The zero-order valence-electron chi connectivity index (χ0n) is 13.6. The maximum atomic E-state index is 13.0. The van der Waals surface area contributed by atoms with Crippen LogP contribution in [0.4, 0.5) is 15.8 Å². The highest BCUT2D eigenvalue weighted by atomic mass is 35.5. The van der Waals surface area contributed by atoms with Crippen LogP contribution in [0.15, 0.2) is 42.5 Å². The molecule has 0 bridgehead atoms. The largest absolute Gasteiger partial charge is 0.357 e. The Kier molecular flexibility index (Phi) is 5.20. The number of amides is 1. The van der Waals surface area contributed by atoms with E-state index in [0.717, 1.165) is 11.3 Å². The quantitative estimate of drug-likeness (QED) is 0.797. The molecule has 0 spiro atoms. The number of halogens is 2. The van der Waals surface area contributed by atoms with E-state index >= 15 is 0 Å². The fraction of sp³-hybridized carbons (Fsp3) is 0.222. The van der Waals surface area contributed by atoms with Gasteiger partial charge in [0.2, 0.25) is 5.91 Å². The summed E-state index contributed by atoms with van der Waals surface area (Å²) in [5.74, 6) is -0.349. The topological polar surface area (TPSA) is 44.4 Å². The zero-order valence-corrected chi connectivity index (χ0v) is 15.1. The molecule has 3 rings (SSSR count). The summed E-state index contributed by atoms with van der Waals surface area (Å²) in [6.07, 6.45) is 0.327. The number of carbonyl (C=O) groups is 1. The molecule has 0 radical (unpaired) electrons. The van der Waals surface area contributed by atoms with Gasteiger partial charge in [-0.25, -0.2) is 4.39 Å². The molecule has 1 heterocycles. The average Bonchev–Trinajstić information content (AvgIpc) is 2.92. The van der Waals surface area contributed by atoms with Crippen molar-refractivity contribution >= 4 is 46.2 Å². The van der Waals surface area contributed by atoms with Crippen molar-refractivity contribution in [1.82, 2.24) is 5.32 Å². The van der Waals surface area contributed by atoms with Crippen LogP contribution in [-0.2, 0) is 4.79 Å². The third kappa shape index (κ3) is 4.27. The number of thiocarbonyl (C=S) groups is 1. The Bertz CT molecular complexity index is 812. The lowest BCUT2D eigenvalue weighted by Gasteiger charge is -2.19. The number of benzene rings is 2. The van der Waals surface area contributed by atoms with E-state index in [0.29, 0.717) is 28.8 Å². The van der Waals surface area contributed by atoms with Crippen LogP contribution in [0.1, 0.15) is 12.0 Å². The number of carbonyl (C=O) groups excluding carboxylic acids is 1. The molecule has 1 aliphatic heterocycles. The van der Waals surface area contributed by atoms with Gasteiger partial charge < -0.3 is 15.5 Å². The molecular formula is C18H17ClFN3OS. The second kappa shape index (κ2) is 7.37. The first-order valence-corrected chi connectivity index (χ1v) is 8.60. The molecular weight excluding hydrogens is 361 g/mol. The Morgan fingerprint density at radius 3 is 2.72 bits per heavy atom. The molecule has 4 nitrogen and oxygen atoms in total. The van der Waals surface area contributed by atoms with Gasteiger partial charge in [-0.2, -0.15) is 0 Å². The van der Waals surface area contributed by atoms with E-state index in [-0.39, 0.29) is 17.8 Å². The Morgan fingerprint density at radius 1 is 1.28 bits per heavy atom. The number of nitrogens with zero attached hydrogens (tertiary/aromatic N) is 1. The van der Waals surface area contributed by atoms with Crippen LogP contribution in [-0.4, -0.2) is 23.6 Å². The van der Waals surface area contributed by atoms with Gasteiger partial charge in [-0.1, -0.05) is 17.7 Å². The second-order valence-electron chi connectivity index (χ2n) is 5.94. The van der Waals surface area contributed by atoms with Gasteiger partial charge in [0.15, 0.2) is 5.11 Å². The SMILES string of the molecule is Cc1ccc(Cl)cc1NC(=S)NC1CC(=O)N(c2ccc(F)cc2)C1. The highest BCUT2D eigenvalue weighted by molar-refractivity contribution is 7.80. The molecule has 1 aliphatic rings. The van der Waals surface area contributed by atoms with E-state index < -0.39 is 0 Å². The standard InChI is InChI=1S/C18H17ClFN3OS/c1-11-2-3-12(19)8-16(11)22-18(25)21-14-9-17(24)23(10-14)15-6-4-13(20)5-7-15/h2-8,14H,9-10H2,1H3,(H2,21,22,25). The minimum absolute atomic E-state index is 0.0224. The van der Waals surface area contributed by atoms with Crippen molar-refractivity contribution in [3.8, 4) is 0 Å². The van der Waals surface area contributed by atoms with E-state index in [1.165, 1.54) is 12.1 Å². The van der Waals surface area contributed by atoms with E-state index in [1.54, 1.807) is 23.1 Å². The van der Waals surface area contributed by atoms with E-state index in [4.69, 9.17) is 23.8 Å². The number of nitrogens with one attached hydrogen (secondary N) is 2. The fourth-order valence-corrected chi connectivity index (χ4v) is 3.20. The molecule has 7 heteroatoms. The van der Waals surface area contributed by atoms with Crippen LogP contribution < -0.4 is 15.5 Å². The third-order valence-corrected chi connectivity index (χ3v) is 4.50. The molecule has 0 aromatic heterocycles. The van der Waals surface area contributed by atoms with Crippen LogP contribution in [0.2, 0.25) is 5.02 Å². The first-order chi connectivity index (χ1) is 11.9. The number of hydrogen-bond acceptors (Lipinski definition) is 2. The number of aryl methyl sites for hydroxylation is 1. The summed E-state index contributed by atoms with van der Waals surface area (Å²) < 4.78 is 13.0. The third-order valence-electron chi connectivity index (χ3n) is 4.05. The van der Waals surface area contributed by atoms with E-state index in [1.807, 2.05) is 19.1 Å². The molecule has 0 aliphatic carbocycles. The van der Waals surface area contributed by atoms with Crippen molar-refractivity contribution in [2.75, 3.05) is 16.8 Å². The first-order valence-electron chi connectivity index (χ1n) is 7.82. The van der Waals surface area contributed by atoms with E-state index in [2.05, 4.69) is 10.6 Å². The molecule has 2 aromatic carbocycles. The minimum atomic E-state index is -0.327. The molecule has 1 amide bonds. The van der Waals surface area contributed by atoms with Gasteiger partial charge in [0.25, 0.3) is 0 Å². The Balaban J connectivity index is 1.62. The maximum Gasteiger partial charge on any atom is 0.229 e. The lowest BCUT2D eigenvalue weighted by molar-refractivity contribution is -0.117. The van der Waals surface area contributed by atoms with Gasteiger partial charge in [0.1, 0.15) is 5.82 Å². The van der Waals surface area contributed by atoms with Gasteiger partial charge in [-0.15, -0.1) is 0 Å². The molecule has 1 unspecified atom stereocenters. The molecule has 2 N–H and O–H groups in total. The Hall–Kier alpha value is -2.18. The minimum Gasteiger partial charge on any atom is -0.357 e. The summed E-state index contributed by atoms with van der Waals surface area (Å²) in [5, 5.41) is 7.32. The maximum absolute atomic E-state index is 13.0. The van der Waals surface area contributed by atoms with Gasteiger partial charge in [0, 0.05) is 29.4 Å². The first kappa shape index (κ1) is 17.6. The predicted octanol–water partition coefficient (Wildman–Crippen LogP) is 3.88. The molecule has 25 heavy (non-hydrogen) atoms. The number of anilines is 2. The van der Waals surface area contributed by atoms with Crippen LogP contribution in [0, 0.1) is 12.7 Å². The predicted molar refractivity (Wildman–Crippen MR) is 103 cm³/mol. The average molecular weight is 378 g/mol. The van der Waals surface area contributed by atoms with Gasteiger partial charge in [0.05, 0.1) is 6.04 Å². The molecule has 1 fully saturated rings. The monoisotopic (exact) mass is 377 g/mol. The second-order valence-corrected chi connectivity index (χ2v) is 6.78. The van der Waals surface area contributed by atoms with Crippen LogP contribution >= 0.6 is 23.8 Å². The zero-order chi connectivity index (χ0) is 18.0. The van der Waals surface area contributed by atoms with Gasteiger partial charge in [-0.05, 0) is 61.1 Å². The summed E-state index contributed by atoms with van der Waals surface area (Å²) in [6, 6.07) is 11.3. The lowest BCUT2D eigenvalue weighted by atomic mass is 10.2. The Morgan fingerprint density at radius 2 is 2.00 bits per heavy atom. The summed E-state index contributed by atoms with van der Waals surface area (Å²) in [4.78, 5) is 13.8. The van der Waals surface area contributed by atoms with Crippen molar-refractivity contribution in [2.24, 2.45) is 0 Å². The van der Waals surface area contributed by atoms with Crippen LogP contribution in [0.5, 0.6) is 0 Å². The van der Waals surface area contributed by atoms with Gasteiger partial charge in [-0.3, -0.25) is 4.79 Å². The number of rotatable bonds is 3. The molecule has 1 saturated heterocycles. The summed E-state index contributed by atoms with van der Waals surface area (Å²) >= 11 is 11.3. The number of hydrogen-bond donors (Lipinski definition) is 2. The molecule has 2 aromatic rings. The Labute approximate surface area is 156 Å². The van der Waals surface area contributed by atoms with Crippen molar-refractivity contribution in [3.05, 3.63) is 58.9 Å².